The number of amides is 1. The van der Waals surface area contributed by atoms with Gasteiger partial charge in [0.25, 0.3) is 0 Å². The van der Waals surface area contributed by atoms with Crippen LogP contribution in [0.25, 0.3) is 0 Å². The molecule has 0 unspecified atom stereocenters. The van der Waals surface area contributed by atoms with E-state index in [1.165, 1.54) is 12.1 Å². The maximum atomic E-state index is 13.1. The van der Waals surface area contributed by atoms with Gasteiger partial charge in [0.15, 0.2) is 0 Å². The fourth-order valence-electron chi connectivity index (χ4n) is 2.11. The number of carbonyl (C=O) groups is 1. The summed E-state index contributed by atoms with van der Waals surface area (Å²) < 4.78 is 13.1. The molecule has 2 aromatic rings. The summed E-state index contributed by atoms with van der Waals surface area (Å²) in [6.45, 7) is 3.79. The highest BCUT2D eigenvalue weighted by Gasteiger charge is 2.16. The summed E-state index contributed by atoms with van der Waals surface area (Å²) in [5, 5.41) is 5.92. The normalized spacial score (nSPS) is 13.5. The summed E-state index contributed by atoms with van der Waals surface area (Å²) in [4.78, 5) is 12.1. The molecule has 2 atom stereocenters. The third-order valence-corrected chi connectivity index (χ3v) is 3.29. The third kappa shape index (κ3) is 4.39. The minimum Gasteiger partial charge on any atom is -0.325 e. The summed E-state index contributed by atoms with van der Waals surface area (Å²) in [5.74, 6) is -0.561. The van der Waals surface area contributed by atoms with Gasteiger partial charge in [0, 0.05) is 11.7 Å². The number of rotatable bonds is 5. The van der Waals surface area contributed by atoms with E-state index in [2.05, 4.69) is 10.6 Å². The number of hydrogen-bond donors (Lipinski definition) is 2. The average Bonchev–Trinajstić information content (AvgIpc) is 2.48. The first-order chi connectivity index (χ1) is 10.1. The van der Waals surface area contributed by atoms with Gasteiger partial charge in [-0.1, -0.05) is 36.4 Å². The van der Waals surface area contributed by atoms with Crippen LogP contribution in [0.15, 0.2) is 54.6 Å². The van der Waals surface area contributed by atoms with Gasteiger partial charge in [-0.3, -0.25) is 10.1 Å². The van der Waals surface area contributed by atoms with E-state index in [1.807, 2.05) is 37.3 Å². The smallest absolute Gasteiger partial charge is 0.241 e. The lowest BCUT2D eigenvalue weighted by molar-refractivity contribution is -0.117. The van der Waals surface area contributed by atoms with Gasteiger partial charge in [-0.2, -0.15) is 0 Å². The van der Waals surface area contributed by atoms with E-state index < -0.39 is 0 Å². The highest BCUT2D eigenvalue weighted by molar-refractivity contribution is 5.94. The molecule has 2 rings (SSSR count). The molecule has 0 spiro atoms. The first-order valence-corrected chi connectivity index (χ1v) is 6.93. The minimum absolute atomic E-state index is 0.0551. The summed E-state index contributed by atoms with van der Waals surface area (Å²) >= 11 is 0. The minimum atomic E-state index is -0.386. The fourth-order valence-corrected chi connectivity index (χ4v) is 2.11. The van der Waals surface area contributed by atoms with Gasteiger partial charge in [-0.15, -0.1) is 0 Å². The molecule has 0 aromatic heterocycles. The van der Waals surface area contributed by atoms with Crippen molar-refractivity contribution in [2.75, 3.05) is 5.32 Å². The van der Waals surface area contributed by atoms with Gasteiger partial charge in [-0.25, -0.2) is 4.39 Å². The van der Waals surface area contributed by atoms with Crippen molar-refractivity contribution in [3.8, 4) is 0 Å². The highest BCUT2D eigenvalue weighted by atomic mass is 19.1. The van der Waals surface area contributed by atoms with Crippen molar-refractivity contribution in [1.29, 1.82) is 0 Å². The molecular weight excluding hydrogens is 267 g/mol. The van der Waals surface area contributed by atoms with Crippen molar-refractivity contribution in [2.24, 2.45) is 0 Å². The molecule has 0 saturated heterocycles. The first-order valence-electron chi connectivity index (χ1n) is 6.93. The second kappa shape index (κ2) is 6.99. The summed E-state index contributed by atoms with van der Waals surface area (Å²) in [6.07, 6.45) is 0. The molecular formula is C17H19FN2O. The monoisotopic (exact) mass is 286 g/mol. The Morgan fingerprint density at radius 1 is 1.05 bits per heavy atom. The molecule has 0 aliphatic rings. The van der Waals surface area contributed by atoms with Crippen molar-refractivity contribution in [2.45, 2.75) is 25.9 Å². The van der Waals surface area contributed by atoms with Crippen LogP contribution >= 0.6 is 0 Å². The van der Waals surface area contributed by atoms with Crippen LogP contribution in [0.4, 0.5) is 10.1 Å². The summed E-state index contributed by atoms with van der Waals surface area (Å²) in [7, 11) is 0. The lowest BCUT2D eigenvalue weighted by Gasteiger charge is -2.20. The summed E-state index contributed by atoms with van der Waals surface area (Å²) in [5.41, 5.74) is 1.57. The Labute approximate surface area is 124 Å². The Kier molecular flexibility index (Phi) is 5.06. The van der Waals surface area contributed by atoms with E-state index in [0.717, 1.165) is 5.56 Å². The van der Waals surface area contributed by atoms with Crippen LogP contribution in [0.2, 0.25) is 0 Å². The zero-order chi connectivity index (χ0) is 15.2. The van der Waals surface area contributed by atoms with Gasteiger partial charge in [0.2, 0.25) is 5.91 Å². The molecule has 2 aromatic carbocycles. The number of hydrogen-bond acceptors (Lipinski definition) is 2. The second-order valence-corrected chi connectivity index (χ2v) is 5.02. The lowest BCUT2D eigenvalue weighted by atomic mass is 10.1. The summed E-state index contributed by atoms with van der Waals surface area (Å²) in [6, 6.07) is 15.4. The SMILES string of the molecule is C[C@@H](N[C@H](C)c1ccccc1)C(=O)Nc1cccc(F)c1. The quantitative estimate of drug-likeness (QED) is 0.883. The van der Waals surface area contributed by atoms with Crippen molar-refractivity contribution in [3.63, 3.8) is 0 Å². The van der Waals surface area contributed by atoms with Crippen LogP contribution in [0.1, 0.15) is 25.5 Å². The molecule has 21 heavy (non-hydrogen) atoms. The Hall–Kier alpha value is -2.20. The number of nitrogens with one attached hydrogen (secondary N) is 2. The molecule has 0 aliphatic heterocycles. The van der Waals surface area contributed by atoms with E-state index in [-0.39, 0.29) is 23.8 Å². The first kappa shape index (κ1) is 15.2. The van der Waals surface area contributed by atoms with Crippen LogP contribution in [-0.2, 0) is 4.79 Å². The molecule has 3 nitrogen and oxygen atoms in total. The van der Waals surface area contributed by atoms with E-state index in [4.69, 9.17) is 0 Å². The third-order valence-electron chi connectivity index (χ3n) is 3.29. The van der Waals surface area contributed by atoms with E-state index in [0.29, 0.717) is 5.69 Å². The number of benzene rings is 2. The molecule has 0 fully saturated rings. The second-order valence-electron chi connectivity index (χ2n) is 5.02. The maximum Gasteiger partial charge on any atom is 0.241 e. The van der Waals surface area contributed by atoms with Crippen molar-refractivity contribution >= 4 is 11.6 Å². The number of anilines is 1. The molecule has 1 amide bonds. The molecule has 110 valence electrons. The topological polar surface area (TPSA) is 41.1 Å². The van der Waals surface area contributed by atoms with Gasteiger partial charge >= 0.3 is 0 Å². The zero-order valence-electron chi connectivity index (χ0n) is 12.1. The molecule has 0 bridgehead atoms. The van der Waals surface area contributed by atoms with Crippen LogP contribution in [-0.4, -0.2) is 11.9 Å². The van der Waals surface area contributed by atoms with E-state index in [9.17, 15) is 9.18 Å². The predicted octanol–water partition coefficient (Wildman–Crippen LogP) is 3.50. The van der Waals surface area contributed by atoms with Crippen molar-refractivity contribution in [3.05, 3.63) is 66.0 Å². The molecule has 4 heteroatoms. The Bertz CT molecular complexity index is 601. The van der Waals surface area contributed by atoms with Crippen LogP contribution in [0.3, 0.4) is 0 Å². The molecule has 0 saturated carbocycles. The molecule has 0 aliphatic carbocycles. The maximum absolute atomic E-state index is 13.1. The molecule has 2 N–H and O–H groups in total. The van der Waals surface area contributed by atoms with Gasteiger partial charge in [0.1, 0.15) is 5.82 Å². The van der Waals surface area contributed by atoms with Gasteiger partial charge < -0.3 is 5.32 Å². The van der Waals surface area contributed by atoms with E-state index >= 15 is 0 Å². The average molecular weight is 286 g/mol. The standard InChI is InChI=1S/C17H19FN2O/c1-12(14-7-4-3-5-8-14)19-13(2)17(21)20-16-10-6-9-15(18)11-16/h3-13,19H,1-2H3,(H,20,21)/t12-,13-/m1/s1. The van der Waals surface area contributed by atoms with Gasteiger partial charge in [-0.05, 0) is 37.6 Å². The Morgan fingerprint density at radius 2 is 1.76 bits per heavy atom. The number of carbonyl (C=O) groups excluding carboxylic acids is 1. The highest BCUT2D eigenvalue weighted by Crippen LogP contribution is 2.13. The fraction of sp³-hybridized carbons (Fsp3) is 0.235. The molecule has 0 heterocycles. The van der Waals surface area contributed by atoms with Gasteiger partial charge in [0.05, 0.1) is 6.04 Å². The predicted molar refractivity (Wildman–Crippen MR) is 82.5 cm³/mol. The Balaban J connectivity index is 1.93. The van der Waals surface area contributed by atoms with Crippen molar-refractivity contribution < 1.29 is 9.18 Å². The lowest BCUT2D eigenvalue weighted by Crippen LogP contribution is -2.39. The largest absolute Gasteiger partial charge is 0.325 e. The van der Waals surface area contributed by atoms with Crippen LogP contribution in [0, 0.1) is 5.82 Å². The molecule has 0 radical (unpaired) electrons. The zero-order valence-corrected chi connectivity index (χ0v) is 12.1. The van der Waals surface area contributed by atoms with Crippen LogP contribution < -0.4 is 10.6 Å². The van der Waals surface area contributed by atoms with E-state index in [1.54, 1.807) is 19.1 Å². The number of halogens is 1. The Morgan fingerprint density at radius 3 is 2.43 bits per heavy atom. The van der Waals surface area contributed by atoms with Crippen molar-refractivity contribution in [1.82, 2.24) is 5.32 Å². The van der Waals surface area contributed by atoms with Crippen LogP contribution in [0.5, 0.6) is 0 Å².